The van der Waals surface area contributed by atoms with Gasteiger partial charge in [-0.05, 0) is 6.07 Å². The maximum atomic E-state index is 8.21. The van der Waals surface area contributed by atoms with E-state index in [0.717, 1.165) is 0 Å². The molecule has 0 saturated heterocycles. The Labute approximate surface area is 64.1 Å². The fourth-order valence-electron chi connectivity index (χ4n) is 0.776. The predicted molar refractivity (Wildman–Crippen MR) is 44.6 cm³/mol. The van der Waals surface area contributed by atoms with Crippen LogP contribution in [0.2, 0.25) is 0 Å². The van der Waals surface area contributed by atoms with Crippen molar-refractivity contribution in [1.29, 1.82) is 0 Å². The van der Waals surface area contributed by atoms with Gasteiger partial charge in [0.1, 0.15) is 0 Å². The van der Waals surface area contributed by atoms with Gasteiger partial charge >= 0.3 is 0 Å². The zero-order valence-electron chi connectivity index (χ0n) is 5.86. The molecule has 1 aromatic rings. The normalized spacial score (nSPS) is 10.5. The van der Waals surface area contributed by atoms with Gasteiger partial charge in [-0.3, -0.25) is 0 Å². The number of hydrogen-bond acceptors (Lipinski definition) is 4. The van der Waals surface area contributed by atoms with E-state index >= 15 is 0 Å². The quantitative estimate of drug-likeness (QED) is 0.238. The number of benzene rings is 1. The number of hydrogen-bond donors (Lipinski definition) is 3. The van der Waals surface area contributed by atoms with Gasteiger partial charge in [0.05, 0.1) is 17.6 Å². The van der Waals surface area contributed by atoms with Crippen molar-refractivity contribution in [2.75, 3.05) is 11.5 Å². The molecule has 1 rings (SSSR count). The maximum absolute atomic E-state index is 8.21. The Morgan fingerprint density at radius 3 is 2.73 bits per heavy atom. The summed E-state index contributed by atoms with van der Waals surface area (Å²) in [7, 11) is 0. The largest absolute Gasteiger partial charge is 0.411 e. The molecule has 0 radical (unpaired) electrons. The van der Waals surface area contributed by atoms with Gasteiger partial charge in [0.2, 0.25) is 0 Å². The zero-order chi connectivity index (χ0) is 8.27. The topological polar surface area (TPSA) is 84.6 Å². The first-order chi connectivity index (χ1) is 5.25. The standard InChI is InChI=1S/C7H9N3O/c8-6-3-1-2-5(4-10-11)7(6)9/h1-4,11H,8-9H2/b10-4-. The first kappa shape index (κ1) is 7.40. The van der Waals surface area contributed by atoms with E-state index in [-0.39, 0.29) is 0 Å². The van der Waals surface area contributed by atoms with Crippen molar-refractivity contribution in [1.82, 2.24) is 0 Å². The molecule has 0 aliphatic heterocycles. The Balaban J connectivity index is 3.16. The number of rotatable bonds is 1. The van der Waals surface area contributed by atoms with Crippen molar-refractivity contribution in [2.45, 2.75) is 0 Å². The molecular weight excluding hydrogens is 142 g/mol. The third-order valence-electron chi connectivity index (χ3n) is 1.37. The van der Waals surface area contributed by atoms with Gasteiger partial charge < -0.3 is 16.7 Å². The molecule has 5 N–H and O–H groups in total. The lowest BCUT2D eigenvalue weighted by Gasteiger charge is -2.01. The summed E-state index contributed by atoms with van der Waals surface area (Å²) < 4.78 is 0. The van der Waals surface area contributed by atoms with E-state index in [9.17, 15) is 0 Å². The van der Waals surface area contributed by atoms with Crippen LogP contribution in [0.4, 0.5) is 11.4 Å². The molecule has 0 aliphatic carbocycles. The average molecular weight is 151 g/mol. The first-order valence-electron chi connectivity index (χ1n) is 3.07. The Bertz CT molecular complexity index is 283. The molecule has 0 unspecified atom stereocenters. The van der Waals surface area contributed by atoms with E-state index in [1.807, 2.05) is 0 Å². The molecule has 0 fully saturated rings. The number of para-hydroxylation sites is 1. The molecule has 0 aliphatic rings. The van der Waals surface area contributed by atoms with Crippen molar-refractivity contribution >= 4 is 17.6 Å². The molecule has 0 bridgehead atoms. The minimum atomic E-state index is 0.435. The van der Waals surface area contributed by atoms with Crippen molar-refractivity contribution in [3.8, 4) is 0 Å². The summed E-state index contributed by atoms with van der Waals surface area (Å²) >= 11 is 0. The summed E-state index contributed by atoms with van der Waals surface area (Å²) in [6.45, 7) is 0. The maximum Gasteiger partial charge on any atom is 0.0755 e. The first-order valence-corrected chi connectivity index (χ1v) is 3.07. The Morgan fingerprint density at radius 1 is 1.36 bits per heavy atom. The summed E-state index contributed by atoms with van der Waals surface area (Å²) in [6.07, 6.45) is 1.24. The van der Waals surface area contributed by atoms with Crippen molar-refractivity contribution < 1.29 is 5.21 Å². The van der Waals surface area contributed by atoms with Gasteiger partial charge in [-0.25, -0.2) is 0 Å². The van der Waals surface area contributed by atoms with Crippen molar-refractivity contribution in [3.05, 3.63) is 23.8 Å². The van der Waals surface area contributed by atoms with Crippen LogP contribution in [0, 0.1) is 0 Å². The average Bonchev–Trinajstić information content (AvgIpc) is 1.99. The smallest absolute Gasteiger partial charge is 0.0755 e. The van der Waals surface area contributed by atoms with Gasteiger partial charge in [-0.15, -0.1) is 0 Å². The molecule has 4 nitrogen and oxygen atoms in total. The SMILES string of the molecule is Nc1cccc(/C=N\O)c1N. The van der Waals surface area contributed by atoms with E-state index in [1.54, 1.807) is 18.2 Å². The molecule has 0 aromatic heterocycles. The number of anilines is 2. The molecule has 11 heavy (non-hydrogen) atoms. The highest BCUT2D eigenvalue weighted by molar-refractivity contribution is 5.90. The third kappa shape index (κ3) is 1.40. The van der Waals surface area contributed by atoms with Gasteiger partial charge in [-0.2, -0.15) is 0 Å². The van der Waals surface area contributed by atoms with E-state index in [4.69, 9.17) is 16.7 Å². The molecule has 4 heteroatoms. The summed E-state index contributed by atoms with van der Waals surface area (Å²) in [6, 6.07) is 5.14. The fourth-order valence-corrected chi connectivity index (χ4v) is 0.776. The molecule has 0 spiro atoms. The van der Waals surface area contributed by atoms with Crippen LogP contribution < -0.4 is 11.5 Å². The molecule has 0 saturated carbocycles. The second-order valence-corrected chi connectivity index (χ2v) is 2.09. The number of nitrogens with two attached hydrogens (primary N) is 2. The summed E-state index contributed by atoms with van der Waals surface area (Å²) in [5.74, 6) is 0. The highest BCUT2D eigenvalue weighted by Crippen LogP contribution is 2.17. The van der Waals surface area contributed by atoms with Crippen LogP contribution in [-0.2, 0) is 0 Å². The predicted octanol–water partition coefficient (Wildman–Crippen LogP) is 0.659. The van der Waals surface area contributed by atoms with Crippen molar-refractivity contribution in [2.24, 2.45) is 5.16 Å². The number of oxime groups is 1. The lowest BCUT2D eigenvalue weighted by Crippen LogP contribution is -1.98. The molecule has 58 valence electrons. The van der Waals surface area contributed by atoms with Crippen LogP contribution in [0.1, 0.15) is 5.56 Å². The lowest BCUT2D eigenvalue weighted by molar-refractivity contribution is 0.322. The van der Waals surface area contributed by atoms with E-state index in [1.165, 1.54) is 6.21 Å². The Morgan fingerprint density at radius 2 is 2.09 bits per heavy atom. The van der Waals surface area contributed by atoms with Gasteiger partial charge in [0.25, 0.3) is 0 Å². The lowest BCUT2D eigenvalue weighted by atomic mass is 10.2. The second kappa shape index (κ2) is 2.92. The van der Waals surface area contributed by atoms with E-state index in [2.05, 4.69) is 5.16 Å². The Hall–Kier alpha value is -1.71. The minimum absolute atomic E-state index is 0.435. The summed E-state index contributed by atoms with van der Waals surface area (Å²) in [4.78, 5) is 0. The van der Waals surface area contributed by atoms with Gasteiger partial charge in [0.15, 0.2) is 0 Å². The Kier molecular flexibility index (Phi) is 1.96. The monoisotopic (exact) mass is 151 g/mol. The molecular formula is C7H9N3O. The highest BCUT2D eigenvalue weighted by atomic mass is 16.4. The molecule has 0 atom stereocenters. The van der Waals surface area contributed by atoms with E-state index < -0.39 is 0 Å². The van der Waals surface area contributed by atoms with Gasteiger partial charge in [0, 0.05) is 5.56 Å². The highest BCUT2D eigenvalue weighted by Gasteiger charge is 1.97. The second-order valence-electron chi connectivity index (χ2n) is 2.09. The number of nitrogen functional groups attached to an aromatic ring is 2. The fraction of sp³-hybridized carbons (Fsp3) is 0. The molecule has 1 aromatic carbocycles. The number of nitrogens with zero attached hydrogens (tertiary/aromatic N) is 1. The van der Waals surface area contributed by atoms with Gasteiger partial charge in [-0.1, -0.05) is 17.3 Å². The van der Waals surface area contributed by atoms with Crippen LogP contribution in [0.25, 0.3) is 0 Å². The van der Waals surface area contributed by atoms with Crippen molar-refractivity contribution in [3.63, 3.8) is 0 Å². The minimum Gasteiger partial charge on any atom is -0.411 e. The van der Waals surface area contributed by atoms with Crippen LogP contribution >= 0.6 is 0 Å². The van der Waals surface area contributed by atoms with E-state index in [0.29, 0.717) is 16.9 Å². The van der Waals surface area contributed by atoms with Crippen LogP contribution in [-0.4, -0.2) is 11.4 Å². The summed E-state index contributed by atoms with van der Waals surface area (Å²) in [5.41, 5.74) is 12.6. The van der Waals surface area contributed by atoms with Crippen LogP contribution in [0.3, 0.4) is 0 Å². The molecule has 0 heterocycles. The summed E-state index contributed by atoms with van der Waals surface area (Å²) in [5, 5.41) is 11.1. The van der Waals surface area contributed by atoms with Crippen LogP contribution in [0.5, 0.6) is 0 Å². The third-order valence-corrected chi connectivity index (χ3v) is 1.37. The van der Waals surface area contributed by atoms with Crippen LogP contribution in [0.15, 0.2) is 23.4 Å². The zero-order valence-corrected chi connectivity index (χ0v) is 5.86. The molecule has 0 amide bonds.